The first kappa shape index (κ1) is 13.5. The zero-order valence-corrected chi connectivity index (χ0v) is 10.6. The average molecular weight is 244 g/mol. The monoisotopic (exact) mass is 243 g/mol. The van der Waals surface area contributed by atoms with Crippen LogP contribution in [0.4, 0.5) is 4.39 Å². The van der Waals surface area contributed by atoms with Gasteiger partial charge in [0.2, 0.25) is 0 Å². The Morgan fingerprint density at radius 3 is 2.88 bits per heavy atom. The Labute approximate surface area is 102 Å². The molecule has 0 saturated heterocycles. The van der Waals surface area contributed by atoms with Gasteiger partial charge in [0.1, 0.15) is 5.82 Å². The molecular weight excluding hydrogens is 225 g/mol. The summed E-state index contributed by atoms with van der Waals surface area (Å²) in [5, 5.41) is 3.67. The Bertz CT molecular complexity index is 328. The lowest BCUT2D eigenvalue weighted by atomic mass is 10.1. The van der Waals surface area contributed by atoms with E-state index in [1.807, 2.05) is 6.07 Å². The molecule has 90 valence electrons. The van der Waals surface area contributed by atoms with E-state index in [1.54, 1.807) is 6.07 Å². The lowest BCUT2D eigenvalue weighted by molar-refractivity contribution is 0.513. The van der Waals surface area contributed by atoms with E-state index in [4.69, 9.17) is 11.6 Å². The van der Waals surface area contributed by atoms with Gasteiger partial charge < -0.3 is 5.32 Å². The predicted octanol–water partition coefficient (Wildman–Crippen LogP) is 3.80. The van der Waals surface area contributed by atoms with Crippen LogP contribution in [0.2, 0.25) is 5.02 Å². The van der Waals surface area contributed by atoms with Crippen molar-refractivity contribution >= 4 is 11.6 Å². The van der Waals surface area contributed by atoms with Crippen LogP contribution in [0.15, 0.2) is 18.2 Å². The van der Waals surface area contributed by atoms with Crippen LogP contribution >= 0.6 is 11.6 Å². The van der Waals surface area contributed by atoms with Crippen LogP contribution in [-0.2, 0) is 6.42 Å². The fourth-order valence-corrected chi connectivity index (χ4v) is 1.83. The van der Waals surface area contributed by atoms with E-state index in [1.165, 1.54) is 6.07 Å². The van der Waals surface area contributed by atoms with Gasteiger partial charge in [0, 0.05) is 6.04 Å². The summed E-state index contributed by atoms with van der Waals surface area (Å²) >= 11 is 5.89. The molecule has 3 heteroatoms. The molecule has 1 aromatic rings. The maximum atomic E-state index is 13.2. The average Bonchev–Trinajstić information content (AvgIpc) is 2.28. The largest absolute Gasteiger partial charge is 0.314 e. The van der Waals surface area contributed by atoms with E-state index in [9.17, 15) is 4.39 Å². The Balaban J connectivity index is 2.45. The Kier molecular flexibility index (Phi) is 5.78. The smallest absolute Gasteiger partial charge is 0.142 e. The highest BCUT2D eigenvalue weighted by Crippen LogP contribution is 2.21. The topological polar surface area (TPSA) is 12.0 Å². The Hall–Kier alpha value is -0.600. The summed E-state index contributed by atoms with van der Waals surface area (Å²) in [4.78, 5) is 0. The SMILES string of the molecule is CCCNC(C)CCc1cccc(F)c1Cl. The van der Waals surface area contributed by atoms with Gasteiger partial charge >= 0.3 is 0 Å². The molecule has 1 atom stereocenters. The minimum atomic E-state index is -0.326. The highest BCUT2D eigenvalue weighted by atomic mass is 35.5. The number of benzene rings is 1. The van der Waals surface area contributed by atoms with Gasteiger partial charge in [-0.1, -0.05) is 30.7 Å². The summed E-state index contributed by atoms with van der Waals surface area (Å²) < 4.78 is 13.2. The molecule has 16 heavy (non-hydrogen) atoms. The maximum absolute atomic E-state index is 13.2. The molecule has 0 aromatic heterocycles. The molecule has 1 nitrogen and oxygen atoms in total. The van der Waals surface area contributed by atoms with Crippen LogP contribution in [0.25, 0.3) is 0 Å². The minimum Gasteiger partial charge on any atom is -0.314 e. The highest BCUT2D eigenvalue weighted by Gasteiger charge is 2.07. The molecule has 1 aromatic carbocycles. The molecular formula is C13H19ClFN. The number of nitrogens with one attached hydrogen (secondary N) is 1. The van der Waals surface area contributed by atoms with Gasteiger partial charge in [-0.25, -0.2) is 4.39 Å². The van der Waals surface area contributed by atoms with Crippen LogP contribution < -0.4 is 5.32 Å². The second kappa shape index (κ2) is 6.87. The molecule has 1 N–H and O–H groups in total. The van der Waals surface area contributed by atoms with E-state index in [0.29, 0.717) is 6.04 Å². The van der Waals surface area contributed by atoms with Crippen molar-refractivity contribution in [3.05, 3.63) is 34.6 Å². The molecule has 1 unspecified atom stereocenters. The fraction of sp³-hybridized carbons (Fsp3) is 0.538. The normalized spacial score (nSPS) is 12.8. The van der Waals surface area contributed by atoms with E-state index >= 15 is 0 Å². The zero-order valence-electron chi connectivity index (χ0n) is 9.89. The van der Waals surface area contributed by atoms with Gasteiger partial charge in [-0.15, -0.1) is 0 Å². The van der Waals surface area contributed by atoms with Crippen molar-refractivity contribution in [2.24, 2.45) is 0 Å². The van der Waals surface area contributed by atoms with Crippen molar-refractivity contribution in [3.63, 3.8) is 0 Å². The van der Waals surface area contributed by atoms with Gasteiger partial charge in [-0.05, 0) is 44.4 Å². The van der Waals surface area contributed by atoms with Crippen molar-refractivity contribution in [2.75, 3.05) is 6.54 Å². The van der Waals surface area contributed by atoms with Gasteiger partial charge in [-0.2, -0.15) is 0 Å². The van der Waals surface area contributed by atoms with Crippen molar-refractivity contribution in [2.45, 2.75) is 39.2 Å². The lowest BCUT2D eigenvalue weighted by Gasteiger charge is -2.13. The van der Waals surface area contributed by atoms with Gasteiger partial charge in [-0.3, -0.25) is 0 Å². The van der Waals surface area contributed by atoms with Crippen molar-refractivity contribution in [1.29, 1.82) is 0 Å². The molecule has 0 heterocycles. The third-order valence-electron chi connectivity index (χ3n) is 2.62. The van der Waals surface area contributed by atoms with Crippen molar-refractivity contribution in [1.82, 2.24) is 5.32 Å². The molecule has 0 amide bonds. The second-order valence-electron chi connectivity index (χ2n) is 4.11. The number of halogens is 2. The van der Waals surface area contributed by atoms with E-state index in [-0.39, 0.29) is 10.8 Å². The number of hydrogen-bond donors (Lipinski definition) is 1. The van der Waals surface area contributed by atoms with Crippen LogP contribution in [0.1, 0.15) is 32.3 Å². The van der Waals surface area contributed by atoms with Crippen LogP contribution in [0.3, 0.4) is 0 Å². The third kappa shape index (κ3) is 4.11. The standard InChI is InChI=1S/C13H19ClFN/c1-3-9-16-10(2)7-8-11-5-4-6-12(15)13(11)14/h4-6,10,16H,3,7-9H2,1-2H3. The number of hydrogen-bond acceptors (Lipinski definition) is 1. The molecule has 0 bridgehead atoms. The molecule has 0 spiro atoms. The third-order valence-corrected chi connectivity index (χ3v) is 3.04. The first-order chi connectivity index (χ1) is 7.65. The summed E-state index contributed by atoms with van der Waals surface area (Å²) in [7, 11) is 0. The summed E-state index contributed by atoms with van der Waals surface area (Å²) in [6.45, 7) is 5.31. The number of rotatable bonds is 6. The molecule has 0 saturated carbocycles. The predicted molar refractivity (Wildman–Crippen MR) is 67.5 cm³/mol. The molecule has 0 aliphatic carbocycles. The molecule has 0 aliphatic heterocycles. The quantitative estimate of drug-likeness (QED) is 0.802. The first-order valence-electron chi connectivity index (χ1n) is 5.81. The second-order valence-corrected chi connectivity index (χ2v) is 4.48. The fourth-order valence-electron chi connectivity index (χ4n) is 1.61. The summed E-state index contributed by atoms with van der Waals surface area (Å²) in [6, 6.07) is 5.43. The summed E-state index contributed by atoms with van der Waals surface area (Å²) in [5.74, 6) is -0.326. The highest BCUT2D eigenvalue weighted by molar-refractivity contribution is 6.31. The molecule has 1 rings (SSSR count). The Morgan fingerprint density at radius 2 is 2.19 bits per heavy atom. The van der Waals surface area contributed by atoms with Crippen LogP contribution in [0.5, 0.6) is 0 Å². The Morgan fingerprint density at radius 1 is 1.44 bits per heavy atom. The van der Waals surface area contributed by atoms with Crippen molar-refractivity contribution < 1.29 is 4.39 Å². The summed E-state index contributed by atoms with van der Waals surface area (Å²) in [5.41, 5.74) is 0.895. The molecule has 0 radical (unpaired) electrons. The van der Waals surface area contributed by atoms with Gasteiger partial charge in [0.15, 0.2) is 0 Å². The first-order valence-corrected chi connectivity index (χ1v) is 6.19. The van der Waals surface area contributed by atoms with E-state index in [0.717, 1.165) is 31.4 Å². The van der Waals surface area contributed by atoms with Crippen molar-refractivity contribution in [3.8, 4) is 0 Å². The molecule has 0 aliphatic rings. The molecule has 0 fully saturated rings. The minimum absolute atomic E-state index is 0.269. The number of aryl methyl sites for hydroxylation is 1. The maximum Gasteiger partial charge on any atom is 0.142 e. The lowest BCUT2D eigenvalue weighted by Crippen LogP contribution is -2.27. The van der Waals surface area contributed by atoms with Gasteiger partial charge in [0.05, 0.1) is 5.02 Å². The summed E-state index contributed by atoms with van der Waals surface area (Å²) in [6.07, 6.45) is 2.92. The van der Waals surface area contributed by atoms with Crippen LogP contribution in [0, 0.1) is 5.82 Å². The van der Waals surface area contributed by atoms with Crippen LogP contribution in [-0.4, -0.2) is 12.6 Å². The van der Waals surface area contributed by atoms with E-state index in [2.05, 4.69) is 19.2 Å². The zero-order chi connectivity index (χ0) is 12.0. The van der Waals surface area contributed by atoms with Gasteiger partial charge in [0.25, 0.3) is 0 Å². The van der Waals surface area contributed by atoms with E-state index < -0.39 is 0 Å².